The number of halogens is 1. The predicted octanol–water partition coefficient (Wildman–Crippen LogP) is 5.85. The SMILES string of the molecule is Ic1ccc(C(N=Nc2ccccc2)=NNc2ccccc2)cc1. The molecule has 3 aromatic carbocycles. The third kappa shape index (κ3) is 4.73. The number of nitrogens with one attached hydrogen (secondary N) is 1. The lowest BCUT2D eigenvalue weighted by Crippen LogP contribution is -2.01. The van der Waals surface area contributed by atoms with E-state index in [1.807, 2.05) is 84.9 Å². The van der Waals surface area contributed by atoms with Crippen LogP contribution in [0.1, 0.15) is 5.56 Å². The van der Waals surface area contributed by atoms with Crippen molar-refractivity contribution in [3.8, 4) is 0 Å². The molecule has 0 aliphatic carbocycles. The van der Waals surface area contributed by atoms with Gasteiger partial charge in [-0.15, -0.1) is 10.2 Å². The Morgan fingerprint density at radius 3 is 2.04 bits per heavy atom. The van der Waals surface area contributed by atoms with Crippen LogP contribution >= 0.6 is 22.6 Å². The zero-order chi connectivity index (χ0) is 16.6. The first kappa shape index (κ1) is 16.3. The van der Waals surface area contributed by atoms with E-state index in [2.05, 4.69) is 43.3 Å². The number of hydrazone groups is 1. The summed E-state index contributed by atoms with van der Waals surface area (Å²) >= 11 is 2.27. The van der Waals surface area contributed by atoms with E-state index in [4.69, 9.17) is 0 Å². The number of hydrogen-bond donors (Lipinski definition) is 1. The van der Waals surface area contributed by atoms with Crippen LogP contribution in [0.4, 0.5) is 11.4 Å². The molecule has 0 aliphatic heterocycles. The van der Waals surface area contributed by atoms with Gasteiger partial charge in [-0.2, -0.15) is 5.10 Å². The molecule has 3 aromatic rings. The lowest BCUT2D eigenvalue weighted by Gasteiger charge is -2.03. The van der Waals surface area contributed by atoms with Crippen LogP contribution in [0.25, 0.3) is 0 Å². The standard InChI is InChI=1S/C19H15IN4/c20-16-13-11-15(12-14-16)19(23-21-17-7-3-1-4-8-17)24-22-18-9-5-2-6-10-18/h1-14,21H. The Balaban J connectivity index is 1.88. The lowest BCUT2D eigenvalue weighted by atomic mass is 10.2. The topological polar surface area (TPSA) is 49.1 Å². The quantitative estimate of drug-likeness (QED) is 0.184. The van der Waals surface area contributed by atoms with Crippen molar-refractivity contribution >= 4 is 39.8 Å². The zero-order valence-electron chi connectivity index (χ0n) is 12.8. The summed E-state index contributed by atoms with van der Waals surface area (Å²) in [5.41, 5.74) is 5.61. The molecular weight excluding hydrogens is 411 g/mol. The Labute approximate surface area is 154 Å². The number of para-hydroxylation sites is 1. The molecule has 0 aliphatic rings. The number of anilines is 1. The highest BCUT2D eigenvalue weighted by Crippen LogP contribution is 2.14. The summed E-state index contributed by atoms with van der Waals surface area (Å²) in [6.07, 6.45) is 0. The molecule has 0 radical (unpaired) electrons. The van der Waals surface area contributed by atoms with Crippen LogP contribution in [0.3, 0.4) is 0 Å². The third-order valence-electron chi connectivity index (χ3n) is 3.18. The van der Waals surface area contributed by atoms with Crippen molar-refractivity contribution in [3.63, 3.8) is 0 Å². The Bertz CT molecular complexity index is 828. The minimum absolute atomic E-state index is 0.527. The van der Waals surface area contributed by atoms with E-state index in [-0.39, 0.29) is 0 Å². The van der Waals surface area contributed by atoms with Gasteiger partial charge in [0.1, 0.15) is 0 Å². The maximum Gasteiger partial charge on any atom is 0.201 e. The van der Waals surface area contributed by atoms with Gasteiger partial charge in [0.15, 0.2) is 0 Å². The molecular formula is C19H15IN4. The van der Waals surface area contributed by atoms with Crippen molar-refractivity contribution in [2.24, 2.45) is 15.3 Å². The normalized spacial score (nSPS) is 11.6. The van der Waals surface area contributed by atoms with Crippen molar-refractivity contribution in [2.75, 3.05) is 5.43 Å². The van der Waals surface area contributed by atoms with Crippen molar-refractivity contribution in [2.45, 2.75) is 0 Å². The average molecular weight is 426 g/mol. The van der Waals surface area contributed by atoms with Gasteiger partial charge in [0, 0.05) is 9.13 Å². The van der Waals surface area contributed by atoms with Gasteiger partial charge in [0.05, 0.1) is 11.4 Å². The second-order valence-electron chi connectivity index (χ2n) is 4.96. The average Bonchev–Trinajstić information content (AvgIpc) is 2.64. The van der Waals surface area contributed by atoms with Crippen LogP contribution in [-0.2, 0) is 0 Å². The molecule has 0 saturated carbocycles. The van der Waals surface area contributed by atoms with E-state index in [1.54, 1.807) is 0 Å². The summed E-state index contributed by atoms with van der Waals surface area (Å²) in [6.45, 7) is 0. The fourth-order valence-corrected chi connectivity index (χ4v) is 2.33. The number of benzene rings is 3. The summed E-state index contributed by atoms with van der Waals surface area (Å²) in [5, 5.41) is 13.0. The minimum atomic E-state index is 0.527. The molecule has 0 unspecified atom stereocenters. The molecule has 0 heterocycles. The second-order valence-corrected chi connectivity index (χ2v) is 6.20. The van der Waals surface area contributed by atoms with Gasteiger partial charge in [-0.25, -0.2) is 0 Å². The van der Waals surface area contributed by atoms with Gasteiger partial charge in [-0.3, -0.25) is 5.43 Å². The van der Waals surface area contributed by atoms with E-state index >= 15 is 0 Å². The molecule has 3 rings (SSSR count). The maximum atomic E-state index is 4.41. The second kappa shape index (κ2) is 8.35. The van der Waals surface area contributed by atoms with Gasteiger partial charge < -0.3 is 0 Å². The largest absolute Gasteiger partial charge is 0.276 e. The van der Waals surface area contributed by atoms with E-state index < -0.39 is 0 Å². The van der Waals surface area contributed by atoms with Crippen LogP contribution < -0.4 is 5.43 Å². The number of hydrogen-bond acceptors (Lipinski definition) is 3. The van der Waals surface area contributed by atoms with Crippen LogP contribution in [0.2, 0.25) is 0 Å². The van der Waals surface area contributed by atoms with Crippen molar-refractivity contribution in [1.82, 2.24) is 0 Å². The molecule has 118 valence electrons. The maximum absolute atomic E-state index is 4.41. The first-order valence-electron chi connectivity index (χ1n) is 7.43. The molecule has 0 saturated heterocycles. The first-order valence-corrected chi connectivity index (χ1v) is 8.50. The number of nitrogens with zero attached hydrogens (tertiary/aromatic N) is 3. The molecule has 0 amide bonds. The molecule has 0 spiro atoms. The lowest BCUT2D eigenvalue weighted by molar-refractivity contribution is 1.22. The number of rotatable bonds is 4. The smallest absolute Gasteiger partial charge is 0.201 e. The van der Waals surface area contributed by atoms with Crippen LogP contribution in [0.15, 0.2) is 100 Å². The minimum Gasteiger partial charge on any atom is -0.276 e. The first-order chi connectivity index (χ1) is 11.8. The van der Waals surface area contributed by atoms with Crippen molar-refractivity contribution in [1.29, 1.82) is 0 Å². The highest BCUT2D eigenvalue weighted by atomic mass is 127. The predicted molar refractivity (Wildman–Crippen MR) is 107 cm³/mol. The third-order valence-corrected chi connectivity index (χ3v) is 3.90. The van der Waals surface area contributed by atoms with Gasteiger partial charge in [0.2, 0.25) is 5.84 Å². The van der Waals surface area contributed by atoms with Gasteiger partial charge in [-0.05, 0) is 59.0 Å². The highest BCUT2D eigenvalue weighted by Gasteiger charge is 2.03. The molecule has 24 heavy (non-hydrogen) atoms. The molecule has 0 aromatic heterocycles. The highest BCUT2D eigenvalue weighted by molar-refractivity contribution is 14.1. The monoisotopic (exact) mass is 426 g/mol. The molecule has 0 bridgehead atoms. The summed E-state index contributed by atoms with van der Waals surface area (Å²) in [7, 11) is 0. The number of amidine groups is 1. The zero-order valence-corrected chi connectivity index (χ0v) is 15.0. The Kier molecular flexibility index (Phi) is 5.68. The van der Waals surface area contributed by atoms with E-state index in [0.717, 1.165) is 20.5 Å². The molecule has 5 heteroatoms. The fourth-order valence-electron chi connectivity index (χ4n) is 1.97. The summed E-state index contributed by atoms with van der Waals surface area (Å²) in [4.78, 5) is 0. The summed E-state index contributed by atoms with van der Waals surface area (Å²) < 4.78 is 1.16. The van der Waals surface area contributed by atoms with Gasteiger partial charge >= 0.3 is 0 Å². The van der Waals surface area contributed by atoms with E-state index in [9.17, 15) is 0 Å². The van der Waals surface area contributed by atoms with Gasteiger partial charge in [-0.1, -0.05) is 48.5 Å². The Morgan fingerprint density at radius 1 is 0.750 bits per heavy atom. The summed E-state index contributed by atoms with van der Waals surface area (Å²) in [5.74, 6) is 0.527. The molecule has 0 fully saturated rings. The van der Waals surface area contributed by atoms with Crippen molar-refractivity contribution in [3.05, 3.63) is 94.1 Å². The molecule has 1 N–H and O–H groups in total. The number of azo groups is 1. The van der Waals surface area contributed by atoms with E-state index in [1.165, 1.54) is 0 Å². The van der Waals surface area contributed by atoms with Crippen LogP contribution in [-0.4, -0.2) is 5.84 Å². The van der Waals surface area contributed by atoms with Crippen molar-refractivity contribution < 1.29 is 0 Å². The summed E-state index contributed by atoms with van der Waals surface area (Å²) in [6, 6.07) is 27.4. The van der Waals surface area contributed by atoms with E-state index in [0.29, 0.717) is 5.84 Å². The Morgan fingerprint density at radius 2 is 1.38 bits per heavy atom. The molecule has 4 nitrogen and oxygen atoms in total. The van der Waals surface area contributed by atoms with Crippen LogP contribution in [0, 0.1) is 3.57 Å². The molecule has 0 atom stereocenters. The van der Waals surface area contributed by atoms with Gasteiger partial charge in [0.25, 0.3) is 0 Å². The fraction of sp³-hybridized carbons (Fsp3) is 0. The van der Waals surface area contributed by atoms with Crippen LogP contribution in [0.5, 0.6) is 0 Å². The Hall–Kier alpha value is -2.54.